The van der Waals surface area contributed by atoms with Crippen molar-refractivity contribution in [2.75, 3.05) is 19.7 Å². The Morgan fingerprint density at radius 2 is 2.12 bits per heavy atom. The molecule has 2 aliphatic rings. The maximum Gasteiger partial charge on any atom is 0.138 e. The third-order valence-corrected chi connectivity index (χ3v) is 3.89. The molecule has 86 valence electrons. The van der Waals surface area contributed by atoms with Crippen molar-refractivity contribution in [3.63, 3.8) is 0 Å². The van der Waals surface area contributed by atoms with E-state index in [4.69, 9.17) is 16.3 Å². The number of fused-ring (bicyclic) bond motifs is 1. The van der Waals surface area contributed by atoms with Gasteiger partial charge in [0.1, 0.15) is 11.6 Å². The fraction of sp³-hybridized carbons (Fsp3) is 0.500. The fourth-order valence-corrected chi connectivity index (χ4v) is 2.79. The largest absolute Gasteiger partial charge is 0.492 e. The standard InChI is InChI=1S/C12H13ClFNO/c13-11-3-7(14)1-2-12(11)16-6-10-8-4-15-5-9(8)10/h1-3,8-10,15H,4-6H2/t8-,9+,10+. The van der Waals surface area contributed by atoms with Gasteiger partial charge in [0.2, 0.25) is 0 Å². The zero-order valence-corrected chi connectivity index (χ0v) is 9.51. The Bertz CT molecular complexity index is 402. The minimum absolute atomic E-state index is 0.329. The second-order valence-corrected chi connectivity index (χ2v) is 4.94. The number of rotatable bonds is 3. The van der Waals surface area contributed by atoms with Crippen LogP contribution in [0.25, 0.3) is 0 Å². The van der Waals surface area contributed by atoms with Crippen LogP contribution in [-0.4, -0.2) is 19.7 Å². The zero-order valence-electron chi connectivity index (χ0n) is 8.75. The second-order valence-electron chi connectivity index (χ2n) is 4.54. The van der Waals surface area contributed by atoms with Gasteiger partial charge in [0.05, 0.1) is 11.6 Å². The molecule has 3 atom stereocenters. The number of ether oxygens (including phenoxy) is 1. The molecule has 1 aromatic carbocycles. The van der Waals surface area contributed by atoms with E-state index in [2.05, 4.69) is 5.32 Å². The van der Waals surface area contributed by atoms with Gasteiger partial charge in [-0.2, -0.15) is 0 Å². The summed E-state index contributed by atoms with van der Waals surface area (Å²) in [7, 11) is 0. The van der Waals surface area contributed by atoms with Gasteiger partial charge in [-0.25, -0.2) is 4.39 Å². The van der Waals surface area contributed by atoms with Crippen LogP contribution in [0, 0.1) is 23.6 Å². The van der Waals surface area contributed by atoms with Crippen LogP contribution in [0.15, 0.2) is 18.2 Å². The lowest BCUT2D eigenvalue weighted by Gasteiger charge is -2.09. The molecule has 1 saturated heterocycles. The van der Waals surface area contributed by atoms with E-state index in [-0.39, 0.29) is 5.82 Å². The maximum atomic E-state index is 12.8. The van der Waals surface area contributed by atoms with Crippen LogP contribution in [0.5, 0.6) is 5.75 Å². The maximum absolute atomic E-state index is 12.8. The quantitative estimate of drug-likeness (QED) is 0.877. The molecule has 1 aromatic rings. The van der Waals surface area contributed by atoms with Crippen LogP contribution >= 0.6 is 11.6 Å². The topological polar surface area (TPSA) is 21.3 Å². The summed E-state index contributed by atoms with van der Waals surface area (Å²) < 4.78 is 18.4. The fourth-order valence-electron chi connectivity index (χ4n) is 2.57. The molecule has 0 spiro atoms. The molecule has 2 nitrogen and oxygen atoms in total. The highest BCUT2D eigenvalue weighted by Gasteiger charge is 2.52. The van der Waals surface area contributed by atoms with Crippen molar-refractivity contribution in [2.45, 2.75) is 0 Å². The van der Waals surface area contributed by atoms with E-state index in [0.717, 1.165) is 24.9 Å². The molecule has 0 amide bonds. The van der Waals surface area contributed by atoms with Crippen molar-refractivity contribution in [1.29, 1.82) is 0 Å². The van der Waals surface area contributed by atoms with Crippen molar-refractivity contribution in [1.82, 2.24) is 5.32 Å². The average molecular weight is 242 g/mol. The van der Waals surface area contributed by atoms with Crippen LogP contribution < -0.4 is 10.1 Å². The third-order valence-electron chi connectivity index (χ3n) is 3.59. The smallest absolute Gasteiger partial charge is 0.138 e. The first-order valence-electron chi connectivity index (χ1n) is 5.54. The molecule has 2 fully saturated rings. The predicted octanol–water partition coefficient (Wildman–Crippen LogP) is 2.32. The van der Waals surface area contributed by atoms with Crippen LogP contribution in [0.3, 0.4) is 0 Å². The Kier molecular flexibility index (Phi) is 2.52. The lowest BCUT2D eigenvalue weighted by molar-refractivity contribution is 0.280. The van der Waals surface area contributed by atoms with E-state index in [0.29, 0.717) is 23.3 Å². The molecule has 0 radical (unpaired) electrons. The van der Waals surface area contributed by atoms with E-state index >= 15 is 0 Å². The third kappa shape index (κ3) is 1.78. The van der Waals surface area contributed by atoms with E-state index in [1.165, 1.54) is 12.1 Å². The van der Waals surface area contributed by atoms with E-state index in [1.54, 1.807) is 6.07 Å². The van der Waals surface area contributed by atoms with Gasteiger partial charge in [0, 0.05) is 5.92 Å². The molecule has 4 heteroatoms. The van der Waals surface area contributed by atoms with E-state index in [1.807, 2.05) is 0 Å². The zero-order chi connectivity index (χ0) is 11.1. The SMILES string of the molecule is Fc1ccc(OC[C@H]2[C@@H]3CNC[C@@H]32)c(Cl)c1. The van der Waals surface area contributed by atoms with Crippen molar-refractivity contribution in [2.24, 2.45) is 17.8 Å². The summed E-state index contributed by atoms with van der Waals surface area (Å²) in [6.45, 7) is 2.91. The molecule has 1 N–H and O–H groups in total. The van der Waals surface area contributed by atoms with E-state index < -0.39 is 0 Å². The van der Waals surface area contributed by atoms with Crippen molar-refractivity contribution in [3.8, 4) is 5.75 Å². The summed E-state index contributed by atoms with van der Waals surface area (Å²) in [5, 5.41) is 3.69. The van der Waals surface area contributed by atoms with Gasteiger partial charge < -0.3 is 10.1 Å². The van der Waals surface area contributed by atoms with Gasteiger partial charge in [-0.3, -0.25) is 0 Å². The Morgan fingerprint density at radius 3 is 2.81 bits per heavy atom. The van der Waals surface area contributed by atoms with Crippen molar-refractivity contribution >= 4 is 11.6 Å². The first-order chi connectivity index (χ1) is 7.75. The van der Waals surface area contributed by atoms with Crippen molar-refractivity contribution in [3.05, 3.63) is 29.0 Å². The van der Waals surface area contributed by atoms with Gasteiger partial charge in [-0.1, -0.05) is 11.6 Å². The summed E-state index contributed by atoms with van der Waals surface area (Å²) in [5.41, 5.74) is 0. The minimum Gasteiger partial charge on any atom is -0.492 e. The summed E-state index contributed by atoms with van der Waals surface area (Å²) in [5.74, 6) is 2.46. The van der Waals surface area contributed by atoms with Crippen molar-refractivity contribution < 1.29 is 9.13 Å². The Balaban J connectivity index is 1.59. The first-order valence-corrected chi connectivity index (χ1v) is 5.92. The summed E-state index contributed by atoms with van der Waals surface area (Å²) in [6.07, 6.45) is 0. The lowest BCUT2D eigenvalue weighted by Crippen LogP contribution is -2.17. The van der Waals surface area contributed by atoms with Gasteiger partial charge in [-0.15, -0.1) is 0 Å². The van der Waals surface area contributed by atoms with Crippen LogP contribution in [-0.2, 0) is 0 Å². The Hall–Kier alpha value is -0.800. The van der Waals surface area contributed by atoms with Gasteiger partial charge in [0.15, 0.2) is 0 Å². The molecule has 3 rings (SSSR count). The highest BCUT2D eigenvalue weighted by atomic mass is 35.5. The highest BCUT2D eigenvalue weighted by Crippen LogP contribution is 2.48. The Labute approximate surface area is 98.7 Å². The number of piperidine rings is 1. The first kappa shape index (κ1) is 10.4. The molecule has 0 aromatic heterocycles. The summed E-state index contributed by atoms with van der Waals surface area (Å²) in [6, 6.07) is 4.25. The summed E-state index contributed by atoms with van der Waals surface area (Å²) >= 11 is 5.88. The monoisotopic (exact) mass is 241 g/mol. The average Bonchev–Trinajstić information content (AvgIpc) is 2.71. The number of hydrogen-bond acceptors (Lipinski definition) is 2. The molecular formula is C12H13ClFNO. The molecule has 0 unspecified atom stereocenters. The molecule has 16 heavy (non-hydrogen) atoms. The highest BCUT2D eigenvalue weighted by molar-refractivity contribution is 6.32. The predicted molar refractivity (Wildman–Crippen MR) is 60.2 cm³/mol. The number of benzene rings is 1. The molecule has 1 saturated carbocycles. The number of nitrogens with one attached hydrogen (secondary N) is 1. The molecular weight excluding hydrogens is 229 g/mol. The van der Waals surface area contributed by atoms with Crippen LogP contribution in [0.1, 0.15) is 0 Å². The van der Waals surface area contributed by atoms with Crippen LogP contribution in [0.2, 0.25) is 5.02 Å². The number of hydrogen-bond donors (Lipinski definition) is 1. The normalized spacial score (nSPS) is 31.2. The minimum atomic E-state index is -0.329. The second kappa shape index (κ2) is 3.90. The molecule has 1 heterocycles. The molecule has 1 aliphatic heterocycles. The van der Waals surface area contributed by atoms with Gasteiger partial charge in [-0.05, 0) is 43.1 Å². The molecule has 1 aliphatic carbocycles. The van der Waals surface area contributed by atoms with Gasteiger partial charge >= 0.3 is 0 Å². The van der Waals surface area contributed by atoms with Gasteiger partial charge in [0.25, 0.3) is 0 Å². The Morgan fingerprint density at radius 1 is 1.38 bits per heavy atom. The summed E-state index contributed by atoms with van der Waals surface area (Å²) in [4.78, 5) is 0. The molecule has 0 bridgehead atoms. The number of halogens is 2. The van der Waals surface area contributed by atoms with E-state index in [9.17, 15) is 4.39 Å². The van der Waals surface area contributed by atoms with Crippen LogP contribution in [0.4, 0.5) is 4.39 Å². The lowest BCUT2D eigenvalue weighted by atomic mass is 10.3.